The number of aliphatic hydroxyl groups is 4. The molecule has 12 N–H and O–H groups in total. The third kappa shape index (κ3) is 22.7. The molecule has 2 saturated heterocycles. The van der Waals surface area contributed by atoms with E-state index in [9.17, 15) is 72.9 Å². The third-order valence-corrected chi connectivity index (χ3v) is 16.2. The maximum Gasteiger partial charge on any atom is 0.481 e. The molecule has 0 spiro atoms. The number of imidazole rings is 1. The minimum absolute atomic E-state index is 0.0205. The number of amides is 2. The highest BCUT2D eigenvalue weighted by Gasteiger charge is 2.50. The Morgan fingerprint density at radius 3 is 2.14 bits per heavy atom. The van der Waals surface area contributed by atoms with Crippen LogP contribution in [-0.2, 0) is 65.0 Å². The molecule has 11 atom stereocenters. The molecule has 4 rings (SSSR count). The normalized spacial score (nSPS) is 24.2. The average Bonchev–Trinajstić information content (AvgIpc) is 3.90. The molecule has 2 aromatic heterocycles. The second-order valence-electron chi connectivity index (χ2n) is 19.1. The molecule has 2 fully saturated rings. The van der Waals surface area contributed by atoms with Crippen LogP contribution in [0.2, 0.25) is 0 Å². The predicted molar refractivity (Wildman–Crippen MR) is 269 cm³/mol. The van der Waals surface area contributed by atoms with Gasteiger partial charge in [0.1, 0.15) is 48.1 Å². The molecule has 2 amide bonds. The summed E-state index contributed by atoms with van der Waals surface area (Å²) in [6, 6.07) is 0. The molecule has 29 nitrogen and oxygen atoms in total. The van der Waals surface area contributed by atoms with Crippen molar-refractivity contribution in [3.63, 3.8) is 0 Å². The molecule has 2 unspecified atom stereocenters. The number of nitrogens with one attached hydrogen (secondary N) is 2. The van der Waals surface area contributed by atoms with Crippen LogP contribution in [-0.4, -0.2) is 170 Å². The summed E-state index contributed by atoms with van der Waals surface area (Å²) in [4.78, 5) is 101. The van der Waals surface area contributed by atoms with Crippen LogP contribution in [0.4, 0.5) is 5.82 Å². The molecule has 4 heterocycles. The lowest BCUT2D eigenvalue weighted by Crippen LogP contribution is -2.47. The molecular weight excluding hydrogens is 1090 g/mol. The number of carbonyl (C=O) groups is 4. The number of thioether (sulfide) groups is 1. The molecule has 0 aliphatic carbocycles. The highest BCUT2D eigenvalue weighted by Crippen LogP contribution is 2.61. The number of ether oxygens (including phenoxy) is 3. The molecule has 76 heavy (non-hydrogen) atoms. The molecule has 2 aliphatic rings. The van der Waals surface area contributed by atoms with E-state index in [2.05, 4.69) is 34.4 Å². The Morgan fingerprint density at radius 1 is 0.855 bits per heavy atom. The number of hydrogen-bond donors (Lipinski definition) is 11. The molecule has 2 aromatic rings. The highest BCUT2D eigenvalue weighted by atomic mass is 32.2. The van der Waals surface area contributed by atoms with Crippen LogP contribution in [0, 0.1) is 5.41 Å². The van der Waals surface area contributed by atoms with Crippen molar-refractivity contribution in [2.24, 2.45) is 5.41 Å². The van der Waals surface area contributed by atoms with Crippen LogP contribution in [0.3, 0.4) is 0 Å². The van der Waals surface area contributed by atoms with Crippen LogP contribution in [0.5, 0.6) is 0 Å². The van der Waals surface area contributed by atoms with Crippen molar-refractivity contribution >= 4 is 74.9 Å². The first-order chi connectivity index (χ1) is 35.7. The number of hydrogen-bond acceptors (Lipinski definition) is 23. The number of nitrogens with two attached hydrogens (primary N) is 1. The predicted octanol–water partition coefficient (Wildman–Crippen LogP) is 2.18. The van der Waals surface area contributed by atoms with Crippen molar-refractivity contribution in [3.8, 4) is 0 Å². The molecule has 0 aromatic carbocycles. The van der Waals surface area contributed by atoms with Gasteiger partial charge in [-0.05, 0) is 19.8 Å². The number of anilines is 1. The fourth-order valence-electron chi connectivity index (χ4n) is 7.90. The first-order valence-electron chi connectivity index (χ1n) is 24.9. The van der Waals surface area contributed by atoms with Crippen LogP contribution in [0.25, 0.3) is 11.2 Å². The van der Waals surface area contributed by atoms with Gasteiger partial charge in [-0.15, -0.1) is 0 Å². The van der Waals surface area contributed by atoms with Crippen molar-refractivity contribution < 1.29 is 105 Å². The molecule has 0 saturated carbocycles. The number of phosphoric ester groups is 3. The third-order valence-electron chi connectivity index (χ3n) is 12.2. The zero-order valence-corrected chi connectivity index (χ0v) is 46.1. The van der Waals surface area contributed by atoms with Crippen LogP contribution >= 0.6 is 35.2 Å². The molecule has 0 radical (unpaired) electrons. The van der Waals surface area contributed by atoms with Gasteiger partial charge in [-0.3, -0.25) is 37.3 Å². The number of fused-ring (bicyclic) bond motifs is 1. The summed E-state index contributed by atoms with van der Waals surface area (Å²) >= 11 is 0.918. The smallest absolute Gasteiger partial charge is 0.390 e. The van der Waals surface area contributed by atoms with E-state index in [0.717, 1.165) is 93.2 Å². The highest BCUT2D eigenvalue weighted by molar-refractivity contribution is 8.13. The van der Waals surface area contributed by atoms with Gasteiger partial charge in [0.25, 0.3) is 0 Å². The number of carbonyl (C=O) groups excluding carboxylic acids is 4. The average molecular weight is 1170 g/mol. The number of unbranched alkanes of at least 4 members (excludes halogenated alkanes) is 10. The lowest BCUT2D eigenvalue weighted by atomic mass is 9.87. The Hall–Kier alpha value is -2.93. The number of aliphatic hydroxyl groups excluding tert-OH is 4. The number of phosphoric acid groups is 3. The first kappa shape index (κ1) is 65.6. The van der Waals surface area contributed by atoms with Gasteiger partial charge >= 0.3 is 23.5 Å². The van der Waals surface area contributed by atoms with Crippen LogP contribution in [0.15, 0.2) is 12.7 Å². The van der Waals surface area contributed by atoms with Gasteiger partial charge in [0.05, 0.1) is 38.2 Å². The van der Waals surface area contributed by atoms with E-state index in [4.69, 9.17) is 29.0 Å². The van der Waals surface area contributed by atoms with E-state index >= 15 is 0 Å². The lowest BCUT2D eigenvalue weighted by molar-refractivity contribution is -0.261. The second-order valence-corrected chi connectivity index (χ2v) is 24.5. The van der Waals surface area contributed by atoms with Gasteiger partial charge in [0.2, 0.25) is 11.8 Å². The van der Waals surface area contributed by atoms with Crippen LogP contribution < -0.4 is 16.4 Å². The van der Waals surface area contributed by atoms with Gasteiger partial charge in [-0.1, -0.05) is 83.4 Å². The summed E-state index contributed by atoms with van der Waals surface area (Å²) in [6.45, 7) is 2.54. The topological polar surface area (TPSA) is 440 Å². The van der Waals surface area contributed by atoms with Gasteiger partial charge in [0, 0.05) is 50.1 Å². The number of Topliss-reactive ketones (excluding diaryl/α,β-unsaturated/α-hetero) is 1. The molecule has 434 valence electrons. The van der Waals surface area contributed by atoms with Gasteiger partial charge in [-0.25, -0.2) is 28.6 Å². The van der Waals surface area contributed by atoms with Crippen molar-refractivity contribution in [2.75, 3.05) is 44.4 Å². The quantitative estimate of drug-likeness (QED) is 0.0264. The summed E-state index contributed by atoms with van der Waals surface area (Å²) < 4.78 is 73.6. The number of aromatic nitrogens is 4. The fraction of sp³-hybridized carbons (Fsp3) is 0.791. The zero-order valence-electron chi connectivity index (χ0n) is 42.6. The Bertz CT molecular complexity index is 2330. The summed E-state index contributed by atoms with van der Waals surface area (Å²) in [7, 11) is -16.5. The summed E-state index contributed by atoms with van der Waals surface area (Å²) in [5, 5.41) is 45.9. The summed E-state index contributed by atoms with van der Waals surface area (Å²) in [5.74, 6) is -1.48. The van der Waals surface area contributed by atoms with E-state index in [0.29, 0.717) is 19.4 Å². The zero-order chi connectivity index (χ0) is 56.3. The minimum atomic E-state index is -5.60. The Balaban J connectivity index is 1.01. The van der Waals surface area contributed by atoms with Crippen molar-refractivity contribution in [2.45, 2.75) is 172 Å². The van der Waals surface area contributed by atoms with E-state index in [1.165, 1.54) is 13.8 Å². The SMILES string of the molecule is C[C@@H]1O[C@@H](OCCCCCCCCCCCCCC(=O)CC(=O)SCCNC(=O)CCNC(=O)[C@H](O)C(C)(C)COP(=O)(O)OP(=O)(O)OC[C@H]2O[C@@H](n3cnc4c(N)ncnc43)[C@H](O)[C@@H]2OP(=O)(O)O)[C@H](O)C[C@H]1O. The number of nitrogens with zero attached hydrogens (tertiary/aromatic N) is 4. The van der Waals surface area contributed by atoms with Crippen molar-refractivity contribution in [1.82, 2.24) is 30.2 Å². The number of rotatable bonds is 36. The van der Waals surface area contributed by atoms with E-state index < -0.39 is 103 Å². The van der Waals surface area contributed by atoms with E-state index in [1.807, 2.05) is 0 Å². The maximum atomic E-state index is 12.8. The molecule has 2 aliphatic heterocycles. The maximum absolute atomic E-state index is 12.8. The Kier molecular flexibility index (Phi) is 26.9. The van der Waals surface area contributed by atoms with Gasteiger partial charge < -0.3 is 70.6 Å². The van der Waals surface area contributed by atoms with Gasteiger partial charge in [0.15, 0.2) is 29.1 Å². The second kappa shape index (κ2) is 31.2. The number of nitrogen functional groups attached to an aromatic ring is 1. The minimum Gasteiger partial charge on any atom is -0.390 e. The molecule has 0 bridgehead atoms. The van der Waals surface area contributed by atoms with Crippen LogP contribution in [0.1, 0.15) is 123 Å². The summed E-state index contributed by atoms with van der Waals surface area (Å²) in [6.07, 6.45) is 2.04. The monoisotopic (exact) mass is 1170 g/mol. The largest absolute Gasteiger partial charge is 0.481 e. The summed E-state index contributed by atoms with van der Waals surface area (Å²) in [5.41, 5.74) is 4.22. The van der Waals surface area contributed by atoms with E-state index in [-0.39, 0.29) is 72.1 Å². The molecular formula is C43H74N7O22P3S. The van der Waals surface area contributed by atoms with Crippen molar-refractivity contribution in [1.29, 1.82) is 0 Å². The standard InChI is InChI=1S/C43H74N7O22P3S/c1-27-29(52)22-30(53)42(69-27)66-19-14-12-10-8-6-4-5-7-9-11-13-15-28(51)21-33(55)76-20-18-45-32(54)16-17-46-40(58)37(57)43(2,3)24-68-75(64,65)72-74(62,63)67-23-31-36(71-73(59,60)61)35(56)41(70-31)50-26-49-34-38(44)47-25-48-39(34)50/h25-27,29-31,35-37,41-42,52-53,56-57H,4-24H2,1-3H3,(H,45,54)(H,46,58)(H,62,63)(H,64,65)(H2,44,47,48)(H2,59,60,61)/t27-,29+,30+,31+,35+,36+,37-,41+,42+/m0/s1. The number of ketones is 1. The fourth-order valence-corrected chi connectivity index (χ4v) is 11.4. The molecule has 33 heteroatoms. The van der Waals surface area contributed by atoms with E-state index in [1.54, 1.807) is 6.92 Å². The Labute approximate surface area is 443 Å². The Morgan fingerprint density at radius 2 is 1.49 bits per heavy atom. The van der Waals surface area contributed by atoms with Crippen molar-refractivity contribution in [3.05, 3.63) is 12.7 Å². The first-order valence-corrected chi connectivity index (χ1v) is 30.4. The lowest BCUT2D eigenvalue weighted by Gasteiger charge is -2.35. The van der Waals surface area contributed by atoms with Gasteiger partial charge in [-0.2, -0.15) is 4.31 Å².